The van der Waals surface area contributed by atoms with Crippen molar-refractivity contribution in [2.75, 3.05) is 0 Å². The average molecular weight is 242 g/mol. The number of pyridine rings is 2. The molecular formula is C13H14N4O. The van der Waals surface area contributed by atoms with Crippen LogP contribution in [0.2, 0.25) is 0 Å². The molecule has 0 atom stereocenters. The molecule has 0 bridgehead atoms. The van der Waals surface area contributed by atoms with Crippen LogP contribution in [0.25, 0.3) is 0 Å². The molecule has 2 aromatic rings. The molecule has 0 spiro atoms. The molecule has 5 nitrogen and oxygen atoms in total. The molecule has 2 rings (SSSR count). The van der Waals surface area contributed by atoms with Gasteiger partial charge in [-0.15, -0.1) is 0 Å². The minimum absolute atomic E-state index is 0.0566. The van der Waals surface area contributed by atoms with E-state index in [4.69, 9.17) is 15.9 Å². The smallest absolute Gasteiger partial charge is 0.145 e. The molecule has 0 radical (unpaired) electrons. The van der Waals surface area contributed by atoms with Gasteiger partial charge in [-0.05, 0) is 26.0 Å². The zero-order valence-corrected chi connectivity index (χ0v) is 10.3. The van der Waals surface area contributed by atoms with E-state index in [0.717, 1.165) is 5.69 Å². The van der Waals surface area contributed by atoms with Crippen LogP contribution in [0.15, 0.2) is 30.6 Å². The third kappa shape index (κ3) is 2.45. The summed E-state index contributed by atoms with van der Waals surface area (Å²) < 4.78 is 5.71. The summed E-state index contributed by atoms with van der Waals surface area (Å²) in [5.74, 6) is 1.07. The van der Waals surface area contributed by atoms with Crippen LogP contribution >= 0.6 is 0 Å². The van der Waals surface area contributed by atoms with Crippen molar-refractivity contribution >= 4 is 5.84 Å². The van der Waals surface area contributed by atoms with Gasteiger partial charge in [0.15, 0.2) is 0 Å². The van der Waals surface area contributed by atoms with E-state index in [9.17, 15) is 0 Å². The largest absolute Gasteiger partial charge is 0.455 e. The highest BCUT2D eigenvalue weighted by Crippen LogP contribution is 2.26. The summed E-state index contributed by atoms with van der Waals surface area (Å²) in [7, 11) is 0. The Labute approximate surface area is 105 Å². The summed E-state index contributed by atoms with van der Waals surface area (Å²) >= 11 is 0. The second-order valence-corrected chi connectivity index (χ2v) is 3.93. The number of hydrogen-bond donors (Lipinski definition) is 2. The maximum atomic E-state index is 7.60. The van der Waals surface area contributed by atoms with Gasteiger partial charge in [0, 0.05) is 18.0 Å². The molecule has 0 unspecified atom stereocenters. The van der Waals surface area contributed by atoms with Crippen molar-refractivity contribution in [1.82, 2.24) is 9.97 Å². The second-order valence-electron chi connectivity index (χ2n) is 3.93. The van der Waals surface area contributed by atoms with Crippen LogP contribution in [0.4, 0.5) is 0 Å². The minimum Gasteiger partial charge on any atom is -0.455 e. The van der Waals surface area contributed by atoms with E-state index < -0.39 is 0 Å². The summed E-state index contributed by atoms with van der Waals surface area (Å²) in [6, 6.07) is 5.34. The topological polar surface area (TPSA) is 84.9 Å². The lowest BCUT2D eigenvalue weighted by Gasteiger charge is -2.12. The van der Waals surface area contributed by atoms with Gasteiger partial charge in [-0.1, -0.05) is 0 Å². The third-order valence-electron chi connectivity index (χ3n) is 2.42. The summed E-state index contributed by atoms with van der Waals surface area (Å²) in [5.41, 5.74) is 7.58. The number of amidine groups is 1. The highest BCUT2D eigenvalue weighted by molar-refractivity contribution is 5.98. The Kier molecular flexibility index (Phi) is 3.23. The van der Waals surface area contributed by atoms with E-state index in [1.165, 1.54) is 0 Å². The highest BCUT2D eigenvalue weighted by atomic mass is 16.5. The van der Waals surface area contributed by atoms with E-state index in [-0.39, 0.29) is 5.84 Å². The molecule has 0 saturated carbocycles. The maximum Gasteiger partial charge on any atom is 0.145 e. The Morgan fingerprint density at radius 3 is 2.78 bits per heavy atom. The number of aromatic nitrogens is 2. The first-order chi connectivity index (χ1) is 8.58. The number of nitrogens with zero attached hydrogens (tertiary/aromatic N) is 2. The SMILES string of the molecule is Cc1cc(Oc2cccnc2)c(C(=N)N)c(C)n1. The normalized spacial score (nSPS) is 10.1. The molecule has 5 heteroatoms. The van der Waals surface area contributed by atoms with Gasteiger partial charge in [-0.25, -0.2) is 0 Å². The standard InChI is InChI=1S/C13H14N4O/c1-8-6-11(12(13(14)15)9(2)17-8)18-10-4-3-5-16-7-10/h3-7H,1-2H3,(H3,14,15). The zero-order chi connectivity index (χ0) is 13.1. The van der Waals surface area contributed by atoms with Gasteiger partial charge in [0.25, 0.3) is 0 Å². The Hall–Kier alpha value is -2.43. The lowest BCUT2D eigenvalue weighted by Crippen LogP contribution is -2.15. The van der Waals surface area contributed by atoms with Crippen LogP contribution < -0.4 is 10.5 Å². The van der Waals surface area contributed by atoms with E-state index in [2.05, 4.69) is 9.97 Å². The van der Waals surface area contributed by atoms with Crippen molar-refractivity contribution in [3.05, 3.63) is 47.5 Å². The fraction of sp³-hybridized carbons (Fsp3) is 0.154. The van der Waals surface area contributed by atoms with Crippen LogP contribution in [0.3, 0.4) is 0 Å². The molecule has 0 aliphatic rings. The molecular weight excluding hydrogens is 228 g/mol. The molecule has 3 N–H and O–H groups in total. The number of nitrogens with one attached hydrogen (secondary N) is 1. The molecule has 0 saturated heterocycles. The molecule has 92 valence electrons. The molecule has 2 heterocycles. The molecule has 0 fully saturated rings. The number of nitrogens with two attached hydrogens (primary N) is 1. The summed E-state index contributed by atoms with van der Waals surface area (Å²) in [4.78, 5) is 8.26. The Morgan fingerprint density at radius 1 is 1.39 bits per heavy atom. The van der Waals surface area contributed by atoms with E-state index in [1.54, 1.807) is 37.5 Å². The number of ether oxygens (including phenoxy) is 1. The molecule has 18 heavy (non-hydrogen) atoms. The molecule has 0 aliphatic heterocycles. The van der Waals surface area contributed by atoms with Crippen molar-refractivity contribution in [2.24, 2.45) is 5.73 Å². The maximum absolute atomic E-state index is 7.60. The lowest BCUT2D eigenvalue weighted by atomic mass is 10.1. The lowest BCUT2D eigenvalue weighted by molar-refractivity contribution is 0.477. The van der Waals surface area contributed by atoms with E-state index >= 15 is 0 Å². The Balaban J connectivity index is 2.46. The molecule has 0 amide bonds. The summed E-state index contributed by atoms with van der Waals surface area (Å²) in [6.45, 7) is 3.67. The van der Waals surface area contributed by atoms with Gasteiger partial charge in [0.05, 0.1) is 17.5 Å². The van der Waals surface area contributed by atoms with Crippen molar-refractivity contribution < 1.29 is 4.74 Å². The van der Waals surface area contributed by atoms with Crippen molar-refractivity contribution in [3.8, 4) is 11.5 Å². The summed E-state index contributed by atoms with van der Waals surface area (Å²) in [5, 5.41) is 7.60. The number of aryl methyl sites for hydroxylation is 2. The van der Waals surface area contributed by atoms with E-state index in [0.29, 0.717) is 22.8 Å². The van der Waals surface area contributed by atoms with Crippen LogP contribution in [0.5, 0.6) is 11.5 Å². The first-order valence-electron chi connectivity index (χ1n) is 5.48. The fourth-order valence-corrected chi connectivity index (χ4v) is 1.74. The fourth-order valence-electron chi connectivity index (χ4n) is 1.74. The number of hydrogen-bond acceptors (Lipinski definition) is 4. The first-order valence-corrected chi connectivity index (χ1v) is 5.48. The van der Waals surface area contributed by atoms with E-state index in [1.807, 2.05) is 6.92 Å². The second kappa shape index (κ2) is 4.83. The van der Waals surface area contributed by atoms with Crippen LogP contribution in [0.1, 0.15) is 17.0 Å². The first kappa shape index (κ1) is 12.0. The number of rotatable bonds is 3. The van der Waals surface area contributed by atoms with Crippen LogP contribution in [0, 0.1) is 19.3 Å². The van der Waals surface area contributed by atoms with Gasteiger partial charge in [-0.3, -0.25) is 15.4 Å². The predicted molar refractivity (Wildman–Crippen MR) is 69.0 cm³/mol. The highest BCUT2D eigenvalue weighted by Gasteiger charge is 2.13. The third-order valence-corrected chi connectivity index (χ3v) is 2.42. The zero-order valence-electron chi connectivity index (χ0n) is 10.3. The van der Waals surface area contributed by atoms with Crippen molar-refractivity contribution in [1.29, 1.82) is 5.41 Å². The van der Waals surface area contributed by atoms with Gasteiger partial charge >= 0.3 is 0 Å². The Morgan fingerprint density at radius 2 is 2.17 bits per heavy atom. The van der Waals surface area contributed by atoms with Crippen LogP contribution in [-0.4, -0.2) is 15.8 Å². The van der Waals surface area contributed by atoms with Crippen molar-refractivity contribution in [3.63, 3.8) is 0 Å². The molecule has 0 aliphatic carbocycles. The molecule has 2 aromatic heterocycles. The van der Waals surface area contributed by atoms with Gasteiger partial charge < -0.3 is 10.5 Å². The molecule has 0 aromatic carbocycles. The quantitative estimate of drug-likeness (QED) is 0.638. The minimum atomic E-state index is -0.0566. The van der Waals surface area contributed by atoms with Gasteiger partial charge in [0.2, 0.25) is 0 Å². The van der Waals surface area contributed by atoms with Crippen molar-refractivity contribution in [2.45, 2.75) is 13.8 Å². The number of nitrogen functional groups attached to an aromatic ring is 1. The Bertz CT molecular complexity index is 581. The average Bonchev–Trinajstić information content (AvgIpc) is 2.28. The van der Waals surface area contributed by atoms with Gasteiger partial charge in [0.1, 0.15) is 17.3 Å². The van der Waals surface area contributed by atoms with Crippen LogP contribution in [-0.2, 0) is 0 Å². The van der Waals surface area contributed by atoms with Gasteiger partial charge in [-0.2, -0.15) is 0 Å². The predicted octanol–water partition coefficient (Wildman–Crippen LogP) is 2.17. The summed E-state index contributed by atoms with van der Waals surface area (Å²) in [6.07, 6.45) is 3.27. The monoisotopic (exact) mass is 242 g/mol.